The number of amides is 2. The van der Waals surface area contributed by atoms with Crippen LogP contribution in [-0.2, 0) is 10.7 Å². The Morgan fingerprint density at radius 2 is 2.09 bits per heavy atom. The monoisotopic (exact) mass is 510 g/mol. The Balaban J connectivity index is 1.39. The molecule has 7 nitrogen and oxygen atoms in total. The Hall–Kier alpha value is -2.88. The van der Waals surface area contributed by atoms with Crippen LogP contribution in [0.4, 0.5) is 19.3 Å². The van der Waals surface area contributed by atoms with Gasteiger partial charge < -0.3 is 20.1 Å². The fourth-order valence-corrected chi connectivity index (χ4v) is 4.34. The predicted molar refractivity (Wildman–Crippen MR) is 127 cm³/mol. The number of alkyl halides is 2. The number of hydrazone groups is 1. The molecule has 34 heavy (non-hydrogen) atoms. The van der Waals surface area contributed by atoms with Crippen molar-refractivity contribution in [1.29, 1.82) is 0 Å². The zero-order chi connectivity index (χ0) is 24.5. The number of hydrogen-bond donors (Lipinski definition) is 3. The summed E-state index contributed by atoms with van der Waals surface area (Å²) >= 11 is 12.5. The summed E-state index contributed by atoms with van der Waals surface area (Å²) in [4.78, 5) is 14.2. The topological polar surface area (TPSA) is 86.2 Å². The zero-order valence-electron chi connectivity index (χ0n) is 18.1. The zero-order valence-corrected chi connectivity index (χ0v) is 19.6. The second kappa shape index (κ2) is 9.77. The van der Waals surface area contributed by atoms with Gasteiger partial charge in [0.25, 0.3) is 5.92 Å². The van der Waals surface area contributed by atoms with E-state index in [1.165, 1.54) is 18.2 Å². The van der Waals surface area contributed by atoms with Crippen LogP contribution in [0.5, 0.6) is 0 Å². The number of urea groups is 1. The molecule has 2 aliphatic heterocycles. The van der Waals surface area contributed by atoms with Gasteiger partial charge in [-0.15, -0.1) is 5.10 Å². The van der Waals surface area contributed by atoms with E-state index in [1.807, 2.05) is 18.2 Å². The summed E-state index contributed by atoms with van der Waals surface area (Å²) < 4.78 is 32.5. The number of aliphatic hydroxyl groups is 1. The van der Waals surface area contributed by atoms with Crippen molar-refractivity contribution in [1.82, 2.24) is 10.3 Å². The van der Waals surface area contributed by atoms with Gasteiger partial charge >= 0.3 is 6.03 Å². The van der Waals surface area contributed by atoms with E-state index in [9.17, 15) is 13.6 Å². The van der Waals surface area contributed by atoms with Crippen LogP contribution in [0.3, 0.4) is 0 Å². The number of benzene rings is 2. The van der Waals surface area contributed by atoms with E-state index in [4.69, 9.17) is 33.0 Å². The molecular formula is C23H22Cl2F2N4O3. The molecule has 0 aliphatic carbocycles. The lowest BCUT2D eigenvalue weighted by Gasteiger charge is -2.27. The Bertz CT molecular complexity index is 1170. The SMILES string of the molecule is CC(F)(F)c1ccc(NC(=O)N2CC=C(c3ccc(C4=NNC(CO)O4)cc3Cl)CC2)cc1Cl. The molecule has 2 aliphatic rings. The molecule has 2 aromatic rings. The first-order chi connectivity index (χ1) is 16.2. The number of nitrogens with one attached hydrogen (secondary N) is 2. The quantitative estimate of drug-likeness (QED) is 0.526. The molecule has 2 aromatic carbocycles. The van der Waals surface area contributed by atoms with Gasteiger partial charge in [0.1, 0.15) is 6.61 Å². The van der Waals surface area contributed by atoms with Crippen molar-refractivity contribution in [3.63, 3.8) is 0 Å². The van der Waals surface area contributed by atoms with Crippen LogP contribution < -0.4 is 10.7 Å². The van der Waals surface area contributed by atoms with Crippen LogP contribution in [-0.4, -0.2) is 47.9 Å². The maximum Gasteiger partial charge on any atom is 0.322 e. The van der Waals surface area contributed by atoms with Gasteiger partial charge in [0, 0.05) is 41.9 Å². The largest absolute Gasteiger partial charge is 0.448 e. The molecule has 0 radical (unpaired) electrons. The molecule has 4 rings (SSSR count). The molecule has 180 valence electrons. The van der Waals surface area contributed by atoms with Gasteiger partial charge in [0.2, 0.25) is 12.1 Å². The van der Waals surface area contributed by atoms with E-state index in [0.717, 1.165) is 18.1 Å². The highest BCUT2D eigenvalue weighted by molar-refractivity contribution is 6.33. The van der Waals surface area contributed by atoms with Gasteiger partial charge in [-0.3, -0.25) is 5.43 Å². The minimum atomic E-state index is -3.07. The molecule has 11 heteroatoms. The first-order valence-corrected chi connectivity index (χ1v) is 11.2. The number of halogens is 4. The molecule has 3 N–H and O–H groups in total. The fourth-order valence-electron chi connectivity index (χ4n) is 3.69. The molecule has 0 saturated heterocycles. The third-order valence-corrected chi connectivity index (χ3v) is 6.11. The summed E-state index contributed by atoms with van der Waals surface area (Å²) in [5.41, 5.74) is 5.24. The number of nitrogens with zero attached hydrogens (tertiary/aromatic N) is 2. The molecule has 0 bridgehead atoms. The third kappa shape index (κ3) is 5.27. The number of hydrogen-bond acceptors (Lipinski definition) is 5. The molecule has 1 unspecified atom stereocenters. The maximum absolute atomic E-state index is 13.5. The van der Waals surface area contributed by atoms with Crippen molar-refractivity contribution >= 4 is 46.4 Å². The van der Waals surface area contributed by atoms with Gasteiger partial charge in [-0.2, -0.15) is 0 Å². The molecule has 2 amide bonds. The first-order valence-electron chi connectivity index (χ1n) is 10.5. The molecule has 2 heterocycles. The van der Waals surface area contributed by atoms with Crippen molar-refractivity contribution in [2.45, 2.75) is 25.5 Å². The second-order valence-corrected chi connectivity index (χ2v) is 8.78. The summed E-state index contributed by atoms with van der Waals surface area (Å²) in [7, 11) is 0. The van der Waals surface area contributed by atoms with Crippen molar-refractivity contribution in [3.05, 3.63) is 69.2 Å². The summed E-state index contributed by atoms with van der Waals surface area (Å²) in [5.74, 6) is -2.72. The Kier molecular flexibility index (Phi) is 6.97. The Morgan fingerprint density at radius 3 is 2.68 bits per heavy atom. The van der Waals surface area contributed by atoms with Gasteiger partial charge in [-0.1, -0.05) is 35.3 Å². The standard InChI is InChI=1S/C23H22Cl2F2N4O3/c1-23(26,27)17-5-3-15(11-19(17)25)28-22(33)31-8-6-13(7-9-31)16-4-2-14(10-18(16)24)21-30-29-20(12-32)34-21/h2-6,10-11,20,29,32H,7-9,12H2,1H3,(H,28,33). The summed E-state index contributed by atoms with van der Waals surface area (Å²) in [5, 5.41) is 16.3. The fraction of sp³-hybridized carbons (Fsp3) is 0.304. The van der Waals surface area contributed by atoms with Crippen LogP contribution in [0.15, 0.2) is 47.6 Å². The highest BCUT2D eigenvalue weighted by Gasteiger charge is 2.28. The van der Waals surface area contributed by atoms with Crippen LogP contribution in [0.2, 0.25) is 10.0 Å². The van der Waals surface area contributed by atoms with Gasteiger partial charge in [0.05, 0.1) is 5.02 Å². The maximum atomic E-state index is 13.5. The van der Waals surface area contributed by atoms with E-state index in [1.54, 1.807) is 11.0 Å². The molecular weight excluding hydrogens is 489 g/mol. The van der Waals surface area contributed by atoms with Crippen LogP contribution >= 0.6 is 23.2 Å². The highest BCUT2D eigenvalue weighted by atomic mass is 35.5. The highest BCUT2D eigenvalue weighted by Crippen LogP contribution is 2.34. The number of aliphatic hydroxyl groups excluding tert-OH is 1. The van der Waals surface area contributed by atoms with Crippen LogP contribution in [0.1, 0.15) is 30.0 Å². The molecule has 0 fully saturated rings. The van der Waals surface area contributed by atoms with Gasteiger partial charge in [-0.25, -0.2) is 13.6 Å². The number of carbonyl (C=O) groups excluding carboxylic acids is 1. The first kappa shape index (κ1) is 24.3. The Morgan fingerprint density at radius 1 is 1.29 bits per heavy atom. The van der Waals surface area contributed by atoms with Gasteiger partial charge in [0.15, 0.2) is 0 Å². The van der Waals surface area contributed by atoms with Crippen LogP contribution in [0.25, 0.3) is 5.57 Å². The summed E-state index contributed by atoms with van der Waals surface area (Å²) in [6, 6.07) is 9.00. The normalized spacial score (nSPS) is 18.1. The second-order valence-electron chi connectivity index (χ2n) is 7.97. The minimum Gasteiger partial charge on any atom is -0.448 e. The lowest BCUT2D eigenvalue weighted by atomic mass is 9.98. The molecule has 0 spiro atoms. The minimum absolute atomic E-state index is 0.110. The van der Waals surface area contributed by atoms with E-state index in [2.05, 4.69) is 15.8 Å². The van der Waals surface area contributed by atoms with E-state index in [-0.39, 0.29) is 23.2 Å². The number of carbonyl (C=O) groups is 1. The average Bonchev–Trinajstić information content (AvgIpc) is 3.28. The smallest absolute Gasteiger partial charge is 0.322 e. The number of ether oxygens (including phenoxy) is 1. The molecule has 0 aromatic heterocycles. The summed E-state index contributed by atoms with van der Waals surface area (Å²) in [6.07, 6.45) is 1.93. The summed E-state index contributed by atoms with van der Waals surface area (Å²) in [6.45, 7) is 1.37. The molecule has 0 saturated carbocycles. The average molecular weight is 511 g/mol. The number of anilines is 1. The predicted octanol–water partition coefficient (Wildman–Crippen LogP) is 5.03. The lowest BCUT2D eigenvalue weighted by Crippen LogP contribution is -2.37. The molecule has 1 atom stereocenters. The van der Waals surface area contributed by atoms with Crippen molar-refractivity contribution in [2.24, 2.45) is 5.10 Å². The van der Waals surface area contributed by atoms with Crippen molar-refractivity contribution in [3.8, 4) is 0 Å². The van der Waals surface area contributed by atoms with Crippen molar-refractivity contribution < 1.29 is 23.4 Å². The van der Waals surface area contributed by atoms with Crippen LogP contribution in [0, 0.1) is 0 Å². The van der Waals surface area contributed by atoms with E-state index >= 15 is 0 Å². The number of rotatable bonds is 5. The van der Waals surface area contributed by atoms with Crippen molar-refractivity contribution in [2.75, 3.05) is 25.0 Å². The Labute approximate surface area is 205 Å². The van der Waals surface area contributed by atoms with E-state index < -0.39 is 12.2 Å². The lowest BCUT2D eigenvalue weighted by molar-refractivity contribution is 0.0176. The van der Waals surface area contributed by atoms with E-state index in [0.29, 0.717) is 41.7 Å². The third-order valence-electron chi connectivity index (χ3n) is 5.48. The van der Waals surface area contributed by atoms with Gasteiger partial charge in [-0.05, 0) is 47.9 Å².